The molecule has 0 radical (unpaired) electrons. The van der Waals surface area contributed by atoms with E-state index in [1.807, 2.05) is 18.2 Å². The Morgan fingerprint density at radius 2 is 1.77 bits per heavy atom. The molecule has 0 unspecified atom stereocenters. The van der Waals surface area contributed by atoms with Crippen molar-refractivity contribution in [3.05, 3.63) is 29.3 Å². The van der Waals surface area contributed by atoms with Gasteiger partial charge in [0.2, 0.25) is 5.91 Å². The molecule has 26 heavy (non-hydrogen) atoms. The number of aromatic nitrogens is 1. The summed E-state index contributed by atoms with van der Waals surface area (Å²) in [7, 11) is 0. The molecule has 0 N–H and O–H groups in total. The van der Waals surface area contributed by atoms with Crippen molar-refractivity contribution < 1.29 is 4.79 Å². The smallest absolute Gasteiger partial charge is 0.222 e. The highest BCUT2D eigenvalue weighted by Gasteiger charge is 2.27. The highest BCUT2D eigenvalue weighted by molar-refractivity contribution is 7.18. The van der Waals surface area contributed by atoms with Gasteiger partial charge in [0.05, 0.1) is 15.2 Å². The molecule has 0 aliphatic carbocycles. The summed E-state index contributed by atoms with van der Waals surface area (Å²) in [5.74, 6) is 0.304. The number of aryl methyl sites for hydroxylation is 1. The number of benzene rings is 1. The van der Waals surface area contributed by atoms with E-state index in [0.717, 1.165) is 42.9 Å². The van der Waals surface area contributed by atoms with Crippen molar-refractivity contribution in [1.82, 2.24) is 14.8 Å². The first kappa shape index (κ1) is 17.9. The van der Waals surface area contributed by atoms with Crippen molar-refractivity contribution in [2.75, 3.05) is 26.2 Å². The predicted octanol–water partition coefficient (Wildman–Crippen LogP) is 4.10. The van der Waals surface area contributed by atoms with E-state index >= 15 is 0 Å². The van der Waals surface area contributed by atoms with Crippen LogP contribution in [0, 0.1) is 0 Å². The summed E-state index contributed by atoms with van der Waals surface area (Å²) in [5.41, 5.74) is 1.05. The van der Waals surface area contributed by atoms with Crippen LogP contribution in [-0.4, -0.2) is 52.9 Å². The summed E-state index contributed by atoms with van der Waals surface area (Å²) in [6.07, 6.45) is 9.13. The lowest BCUT2D eigenvalue weighted by molar-refractivity contribution is -0.132. The average Bonchev–Trinajstić information content (AvgIpc) is 2.90. The molecule has 0 atom stereocenters. The van der Waals surface area contributed by atoms with Gasteiger partial charge in [0.25, 0.3) is 0 Å². The fourth-order valence-electron chi connectivity index (χ4n) is 4.34. The lowest BCUT2D eigenvalue weighted by Gasteiger charge is -2.38. The molecule has 0 saturated carbocycles. The van der Waals surface area contributed by atoms with Crippen LogP contribution in [0.2, 0.25) is 0 Å². The SMILES string of the molecule is O=C(CCc1nc2ccccc2s1)N1CCC(N2CCCCCC2)CC1. The number of nitrogens with zero attached hydrogens (tertiary/aromatic N) is 3. The molecule has 2 fully saturated rings. The maximum Gasteiger partial charge on any atom is 0.222 e. The van der Waals surface area contributed by atoms with Gasteiger partial charge >= 0.3 is 0 Å². The molecular formula is C21H29N3OS. The first-order valence-electron chi connectivity index (χ1n) is 10.2. The summed E-state index contributed by atoms with van der Waals surface area (Å²) in [6, 6.07) is 8.91. The maximum atomic E-state index is 12.6. The number of carbonyl (C=O) groups excluding carboxylic acids is 1. The molecular weight excluding hydrogens is 342 g/mol. The lowest BCUT2D eigenvalue weighted by atomic mass is 10.0. The first-order valence-corrected chi connectivity index (χ1v) is 11.0. The van der Waals surface area contributed by atoms with Gasteiger partial charge in [-0.2, -0.15) is 0 Å². The molecule has 5 heteroatoms. The third-order valence-corrected chi connectivity index (χ3v) is 6.96. The second kappa shape index (κ2) is 8.49. The van der Waals surface area contributed by atoms with Crippen molar-refractivity contribution >= 4 is 27.5 Å². The number of thiazole rings is 1. The normalized spacial score (nSPS) is 20.4. The fraction of sp³-hybridized carbons (Fsp3) is 0.619. The minimum Gasteiger partial charge on any atom is -0.343 e. The van der Waals surface area contributed by atoms with E-state index in [2.05, 4.69) is 20.9 Å². The Hall–Kier alpha value is -1.46. The van der Waals surface area contributed by atoms with Crippen molar-refractivity contribution in [3.8, 4) is 0 Å². The summed E-state index contributed by atoms with van der Waals surface area (Å²) in [5, 5.41) is 1.08. The van der Waals surface area contributed by atoms with E-state index in [0.29, 0.717) is 18.4 Å². The molecule has 3 heterocycles. The van der Waals surface area contributed by atoms with Crippen molar-refractivity contribution in [1.29, 1.82) is 0 Å². The Bertz CT molecular complexity index is 695. The van der Waals surface area contributed by atoms with Gasteiger partial charge in [0.1, 0.15) is 0 Å². The second-order valence-corrected chi connectivity index (χ2v) is 8.75. The summed E-state index contributed by atoms with van der Waals surface area (Å²) in [4.78, 5) is 22.0. The molecule has 4 rings (SSSR count). The van der Waals surface area contributed by atoms with Gasteiger partial charge in [-0.3, -0.25) is 4.79 Å². The first-order chi connectivity index (χ1) is 12.8. The van der Waals surface area contributed by atoms with Gasteiger partial charge in [0, 0.05) is 32.0 Å². The van der Waals surface area contributed by atoms with Crippen molar-refractivity contribution in [2.24, 2.45) is 0 Å². The van der Waals surface area contributed by atoms with E-state index in [1.165, 1.54) is 43.5 Å². The Morgan fingerprint density at radius 3 is 2.50 bits per heavy atom. The van der Waals surface area contributed by atoms with Crippen LogP contribution in [-0.2, 0) is 11.2 Å². The van der Waals surface area contributed by atoms with Crippen LogP contribution in [0.5, 0.6) is 0 Å². The topological polar surface area (TPSA) is 36.4 Å². The maximum absolute atomic E-state index is 12.6. The number of amides is 1. The molecule has 1 amide bonds. The Labute approximate surface area is 160 Å². The second-order valence-electron chi connectivity index (χ2n) is 7.64. The fourth-order valence-corrected chi connectivity index (χ4v) is 5.31. The third kappa shape index (κ3) is 4.26. The van der Waals surface area contributed by atoms with Gasteiger partial charge in [-0.15, -0.1) is 11.3 Å². The van der Waals surface area contributed by atoms with E-state index in [-0.39, 0.29) is 0 Å². The number of likely N-dealkylation sites (tertiary alicyclic amines) is 2. The Morgan fingerprint density at radius 1 is 1.04 bits per heavy atom. The van der Waals surface area contributed by atoms with Gasteiger partial charge in [-0.1, -0.05) is 25.0 Å². The summed E-state index contributed by atoms with van der Waals surface area (Å²) in [6.45, 7) is 4.38. The van der Waals surface area contributed by atoms with Crippen LogP contribution in [0.4, 0.5) is 0 Å². The summed E-state index contributed by atoms with van der Waals surface area (Å²) >= 11 is 1.72. The minimum absolute atomic E-state index is 0.304. The molecule has 2 saturated heterocycles. The quantitative estimate of drug-likeness (QED) is 0.812. The minimum atomic E-state index is 0.304. The molecule has 1 aromatic heterocycles. The highest BCUT2D eigenvalue weighted by Crippen LogP contribution is 2.24. The zero-order valence-corrected chi connectivity index (χ0v) is 16.3. The number of piperidine rings is 1. The van der Waals surface area contributed by atoms with E-state index < -0.39 is 0 Å². The average molecular weight is 372 g/mol. The lowest BCUT2D eigenvalue weighted by Crippen LogP contribution is -2.47. The predicted molar refractivity (Wildman–Crippen MR) is 108 cm³/mol. The van der Waals surface area contributed by atoms with Crippen LogP contribution in [0.1, 0.15) is 50.0 Å². The number of hydrogen-bond acceptors (Lipinski definition) is 4. The Balaban J connectivity index is 1.25. The monoisotopic (exact) mass is 371 g/mol. The molecule has 2 aliphatic heterocycles. The van der Waals surface area contributed by atoms with Crippen LogP contribution < -0.4 is 0 Å². The molecule has 4 nitrogen and oxygen atoms in total. The molecule has 2 aliphatic rings. The molecule has 140 valence electrons. The largest absolute Gasteiger partial charge is 0.343 e. The summed E-state index contributed by atoms with van der Waals surface area (Å²) < 4.78 is 1.22. The van der Waals surface area contributed by atoms with E-state index in [9.17, 15) is 4.79 Å². The van der Waals surface area contributed by atoms with E-state index in [4.69, 9.17) is 0 Å². The number of carbonyl (C=O) groups is 1. The van der Waals surface area contributed by atoms with Gasteiger partial charge in [-0.25, -0.2) is 4.98 Å². The van der Waals surface area contributed by atoms with Gasteiger partial charge in [0.15, 0.2) is 0 Å². The number of hydrogen-bond donors (Lipinski definition) is 0. The van der Waals surface area contributed by atoms with Gasteiger partial charge in [-0.05, 0) is 50.9 Å². The Kier molecular flexibility index (Phi) is 5.85. The van der Waals surface area contributed by atoms with Gasteiger partial charge < -0.3 is 9.80 Å². The van der Waals surface area contributed by atoms with Crippen molar-refractivity contribution in [3.63, 3.8) is 0 Å². The molecule has 0 spiro atoms. The van der Waals surface area contributed by atoms with Crippen LogP contribution in [0.15, 0.2) is 24.3 Å². The zero-order valence-electron chi connectivity index (χ0n) is 15.5. The molecule has 2 aromatic rings. The highest BCUT2D eigenvalue weighted by atomic mass is 32.1. The van der Waals surface area contributed by atoms with E-state index in [1.54, 1.807) is 11.3 Å². The van der Waals surface area contributed by atoms with Crippen LogP contribution in [0.25, 0.3) is 10.2 Å². The van der Waals surface area contributed by atoms with Crippen molar-refractivity contribution in [2.45, 2.75) is 57.4 Å². The standard InChI is InChI=1S/C21H29N3OS/c25-21(10-9-20-22-18-7-3-4-8-19(18)26-20)24-15-11-17(12-16-24)23-13-5-1-2-6-14-23/h3-4,7-8,17H,1-2,5-6,9-16H2. The number of rotatable bonds is 4. The molecule has 0 bridgehead atoms. The molecule has 1 aromatic carbocycles. The number of para-hydroxylation sites is 1. The van der Waals surface area contributed by atoms with Crippen LogP contribution in [0.3, 0.4) is 0 Å². The third-order valence-electron chi connectivity index (χ3n) is 5.87. The van der Waals surface area contributed by atoms with Crippen LogP contribution >= 0.6 is 11.3 Å². The number of fused-ring (bicyclic) bond motifs is 1. The zero-order chi connectivity index (χ0) is 17.8.